The normalized spacial score (nSPS) is 11.1. The van der Waals surface area contributed by atoms with Crippen molar-refractivity contribution in [2.24, 2.45) is 0 Å². The van der Waals surface area contributed by atoms with Crippen molar-refractivity contribution < 1.29 is 4.74 Å². The van der Waals surface area contributed by atoms with Gasteiger partial charge in [0.25, 0.3) is 5.56 Å². The predicted molar refractivity (Wildman–Crippen MR) is 107 cm³/mol. The fraction of sp³-hybridized carbons (Fsp3) is 0.263. The van der Waals surface area contributed by atoms with E-state index >= 15 is 0 Å². The third-order valence-corrected chi connectivity index (χ3v) is 5.53. The van der Waals surface area contributed by atoms with E-state index in [0.29, 0.717) is 25.1 Å². The van der Waals surface area contributed by atoms with Gasteiger partial charge in [-0.05, 0) is 12.5 Å². The summed E-state index contributed by atoms with van der Waals surface area (Å²) in [6.07, 6.45) is 1.73. The fourth-order valence-corrected chi connectivity index (χ4v) is 4.42. The Morgan fingerprint density at radius 2 is 2.16 bits per heavy atom. The van der Waals surface area contributed by atoms with E-state index in [1.54, 1.807) is 22.4 Å². The van der Waals surface area contributed by atoms with Crippen molar-refractivity contribution in [1.82, 2.24) is 9.55 Å². The summed E-state index contributed by atoms with van der Waals surface area (Å²) in [5.41, 5.74) is 1.97. The second-order valence-electron chi connectivity index (χ2n) is 5.34. The van der Waals surface area contributed by atoms with E-state index in [2.05, 4.69) is 6.58 Å². The molecule has 0 amide bonds. The molecular weight excluding hydrogens is 352 g/mol. The Morgan fingerprint density at radius 3 is 2.88 bits per heavy atom. The van der Waals surface area contributed by atoms with Crippen molar-refractivity contribution in [2.45, 2.75) is 18.6 Å². The van der Waals surface area contributed by atoms with Crippen LogP contribution in [0.15, 0.2) is 58.3 Å². The van der Waals surface area contributed by atoms with E-state index in [1.165, 1.54) is 11.3 Å². The Morgan fingerprint density at radius 1 is 1.36 bits per heavy atom. The molecule has 0 aliphatic rings. The Hall–Kier alpha value is -1.89. The van der Waals surface area contributed by atoms with Crippen LogP contribution in [0.2, 0.25) is 0 Å². The third kappa shape index (κ3) is 3.86. The molecule has 0 aliphatic heterocycles. The van der Waals surface area contributed by atoms with E-state index in [-0.39, 0.29) is 5.56 Å². The summed E-state index contributed by atoms with van der Waals surface area (Å²) < 4.78 is 7.08. The lowest BCUT2D eigenvalue weighted by Crippen LogP contribution is -2.22. The third-order valence-electron chi connectivity index (χ3n) is 3.72. The van der Waals surface area contributed by atoms with E-state index in [0.717, 1.165) is 26.9 Å². The smallest absolute Gasteiger partial charge is 0.263 e. The maximum atomic E-state index is 13.1. The van der Waals surface area contributed by atoms with Gasteiger partial charge in [0.2, 0.25) is 0 Å². The van der Waals surface area contributed by atoms with E-state index in [9.17, 15) is 4.79 Å². The van der Waals surface area contributed by atoms with Crippen molar-refractivity contribution >= 4 is 33.3 Å². The van der Waals surface area contributed by atoms with Gasteiger partial charge in [0.05, 0.1) is 12.0 Å². The number of nitrogens with zero attached hydrogens (tertiary/aromatic N) is 2. The van der Waals surface area contributed by atoms with Crippen LogP contribution in [0.3, 0.4) is 0 Å². The molecule has 0 unspecified atom stereocenters. The Bertz CT molecular complexity index is 916. The fourth-order valence-electron chi connectivity index (χ4n) is 2.57. The Balaban J connectivity index is 2.07. The highest BCUT2D eigenvalue weighted by molar-refractivity contribution is 7.99. The van der Waals surface area contributed by atoms with E-state index in [4.69, 9.17) is 9.72 Å². The summed E-state index contributed by atoms with van der Waals surface area (Å²) in [7, 11) is 0. The number of hydrogen-bond donors (Lipinski definition) is 0. The van der Waals surface area contributed by atoms with Crippen LogP contribution in [-0.2, 0) is 11.3 Å². The van der Waals surface area contributed by atoms with E-state index < -0.39 is 0 Å². The molecule has 0 bridgehead atoms. The van der Waals surface area contributed by atoms with Crippen LogP contribution < -0.4 is 5.56 Å². The van der Waals surface area contributed by atoms with Crippen LogP contribution in [0.5, 0.6) is 0 Å². The summed E-state index contributed by atoms with van der Waals surface area (Å²) in [6.45, 7) is 7.53. The first-order valence-electron chi connectivity index (χ1n) is 8.15. The molecule has 1 aromatic carbocycles. The van der Waals surface area contributed by atoms with Crippen molar-refractivity contribution in [3.05, 3.63) is 58.7 Å². The molecule has 0 atom stereocenters. The van der Waals surface area contributed by atoms with Crippen molar-refractivity contribution in [1.29, 1.82) is 0 Å². The van der Waals surface area contributed by atoms with Gasteiger partial charge >= 0.3 is 0 Å². The summed E-state index contributed by atoms with van der Waals surface area (Å²) in [5.74, 6) is 0.764. The SMILES string of the molecule is C=CCn1c(SCCOCC)nc2scc(-c3ccccc3)c2c1=O. The highest BCUT2D eigenvalue weighted by atomic mass is 32.2. The minimum atomic E-state index is -0.0103. The molecule has 0 aliphatic carbocycles. The monoisotopic (exact) mass is 372 g/mol. The van der Waals surface area contributed by atoms with Gasteiger partial charge in [0.15, 0.2) is 5.16 Å². The second kappa shape index (κ2) is 8.47. The molecule has 0 spiro atoms. The van der Waals surface area contributed by atoms with E-state index in [1.807, 2.05) is 42.6 Å². The molecule has 0 saturated heterocycles. The van der Waals surface area contributed by atoms with Crippen molar-refractivity contribution in [3.63, 3.8) is 0 Å². The first kappa shape index (κ1) is 17.9. The number of allylic oxidation sites excluding steroid dienone is 1. The van der Waals surface area contributed by atoms with Gasteiger partial charge in [-0.2, -0.15) is 0 Å². The number of thiophene rings is 1. The van der Waals surface area contributed by atoms with Gasteiger partial charge in [-0.15, -0.1) is 17.9 Å². The molecule has 0 saturated carbocycles. The van der Waals surface area contributed by atoms with Crippen LogP contribution in [0.1, 0.15) is 6.92 Å². The summed E-state index contributed by atoms with van der Waals surface area (Å²) in [6, 6.07) is 9.96. The van der Waals surface area contributed by atoms with Crippen molar-refractivity contribution in [3.8, 4) is 11.1 Å². The topological polar surface area (TPSA) is 44.1 Å². The maximum absolute atomic E-state index is 13.1. The average molecular weight is 373 g/mol. The molecule has 0 fully saturated rings. The molecule has 3 rings (SSSR count). The van der Waals surface area contributed by atoms with Crippen LogP contribution in [-0.4, -0.2) is 28.5 Å². The number of aromatic nitrogens is 2. The maximum Gasteiger partial charge on any atom is 0.263 e. The van der Waals surface area contributed by atoms with Crippen molar-refractivity contribution in [2.75, 3.05) is 19.0 Å². The van der Waals surface area contributed by atoms with Crippen LogP contribution in [0, 0.1) is 0 Å². The molecule has 2 heterocycles. The van der Waals surface area contributed by atoms with Gasteiger partial charge in [-0.3, -0.25) is 9.36 Å². The highest BCUT2D eigenvalue weighted by Crippen LogP contribution is 2.32. The van der Waals surface area contributed by atoms with Crippen LogP contribution in [0.25, 0.3) is 21.3 Å². The summed E-state index contributed by atoms with van der Waals surface area (Å²) in [4.78, 5) is 18.6. The zero-order valence-corrected chi connectivity index (χ0v) is 15.7. The first-order valence-corrected chi connectivity index (χ1v) is 10.0. The molecule has 4 nitrogen and oxygen atoms in total. The lowest BCUT2D eigenvalue weighted by Gasteiger charge is -2.10. The highest BCUT2D eigenvalue weighted by Gasteiger charge is 2.16. The number of ether oxygens (including phenoxy) is 1. The standard InChI is InChI=1S/C19H20N2O2S2/c1-3-10-21-18(22)16-15(14-8-6-5-7-9-14)13-25-17(16)20-19(21)24-12-11-23-4-2/h3,5-9,13H,1,4,10-12H2,2H3. The molecule has 130 valence electrons. The first-order chi connectivity index (χ1) is 12.3. The van der Waals surface area contributed by atoms with Crippen LogP contribution in [0.4, 0.5) is 0 Å². The molecule has 6 heteroatoms. The molecule has 0 N–H and O–H groups in total. The zero-order valence-electron chi connectivity index (χ0n) is 14.1. The number of fused-ring (bicyclic) bond motifs is 1. The number of benzene rings is 1. The van der Waals surface area contributed by atoms with Gasteiger partial charge in [-0.25, -0.2) is 4.98 Å². The summed E-state index contributed by atoms with van der Waals surface area (Å²) in [5, 5.41) is 3.42. The minimum absolute atomic E-state index is 0.0103. The summed E-state index contributed by atoms with van der Waals surface area (Å²) >= 11 is 3.06. The lowest BCUT2D eigenvalue weighted by atomic mass is 10.1. The molecule has 0 radical (unpaired) electrons. The number of hydrogen-bond acceptors (Lipinski definition) is 5. The average Bonchev–Trinajstić information content (AvgIpc) is 3.06. The van der Waals surface area contributed by atoms with Crippen LogP contribution >= 0.6 is 23.1 Å². The zero-order chi connectivity index (χ0) is 17.6. The number of rotatable bonds is 8. The number of thioether (sulfide) groups is 1. The molecular formula is C19H20N2O2S2. The Labute approximate surface area is 155 Å². The second-order valence-corrected chi connectivity index (χ2v) is 7.26. The molecule has 25 heavy (non-hydrogen) atoms. The van der Waals surface area contributed by atoms with Gasteiger partial charge < -0.3 is 4.74 Å². The molecule has 2 aromatic heterocycles. The minimum Gasteiger partial charge on any atom is -0.381 e. The Kier molecular flexibility index (Phi) is 6.07. The predicted octanol–water partition coefficient (Wildman–Crippen LogP) is 4.44. The van der Waals surface area contributed by atoms with Gasteiger partial charge in [0, 0.05) is 29.8 Å². The lowest BCUT2D eigenvalue weighted by molar-refractivity contribution is 0.164. The largest absolute Gasteiger partial charge is 0.381 e. The van der Waals surface area contributed by atoms with Gasteiger partial charge in [-0.1, -0.05) is 48.2 Å². The quantitative estimate of drug-likeness (QED) is 0.254. The van der Waals surface area contributed by atoms with Gasteiger partial charge in [0.1, 0.15) is 4.83 Å². The molecule has 3 aromatic rings.